The first-order valence-electron chi connectivity index (χ1n) is 8.33. The largest absolute Gasteiger partial charge is 0.366 e. The van der Waals surface area contributed by atoms with Crippen molar-refractivity contribution in [1.29, 1.82) is 0 Å². The van der Waals surface area contributed by atoms with E-state index in [1.807, 2.05) is 32.2 Å². The molecule has 0 aliphatic heterocycles. The van der Waals surface area contributed by atoms with E-state index in [2.05, 4.69) is 20.3 Å². The number of rotatable bonds is 6. The molecule has 1 aromatic carbocycles. The van der Waals surface area contributed by atoms with Crippen molar-refractivity contribution >= 4 is 11.5 Å². The molecule has 0 aliphatic carbocycles. The second kappa shape index (κ2) is 7.69. The predicted octanol–water partition coefficient (Wildman–Crippen LogP) is 3.93. The van der Waals surface area contributed by atoms with Crippen LogP contribution in [0.2, 0.25) is 0 Å². The summed E-state index contributed by atoms with van der Waals surface area (Å²) in [6.45, 7) is 4.68. The first kappa shape index (κ1) is 17.5. The minimum absolute atomic E-state index is 0.0481. The van der Waals surface area contributed by atoms with Gasteiger partial charge in [0.15, 0.2) is 5.82 Å². The molecule has 2 aromatic heterocycles. The minimum atomic E-state index is -0.420. The van der Waals surface area contributed by atoms with E-state index in [-0.39, 0.29) is 5.69 Å². The molecule has 0 atom stereocenters. The fraction of sp³-hybridized carbons (Fsp3) is 0.211. The third-order valence-electron chi connectivity index (χ3n) is 4.07. The lowest BCUT2D eigenvalue weighted by Gasteiger charge is -2.11. The Morgan fingerprint density at radius 2 is 1.92 bits per heavy atom. The van der Waals surface area contributed by atoms with Crippen LogP contribution in [-0.4, -0.2) is 19.9 Å². The van der Waals surface area contributed by atoms with Crippen LogP contribution in [-0.2, 0) is 13.0 Å². The summed E-state index contributed by atoms with van der Waals surface area (Å²) in [6.07, 6.45) is 4.37. The van der Waals surface area contributed by atoms with Gasteiger partial charge in [-0.3, -0.25) is 15.1 Å². The van der Waals surface area contributed by atoms with E-state index in [9.17, 15) is 10.1 Å². The maximum absolute atomic E-state index is 10.8. The number of nitrogens with zero attached hydrogens (tertiary/aromatic N) is 4. The highest BCUT2D eigenvalue weighted by molar-refractivity contribution is 5.59. The Labute approximate surface area is 151 Å². The van der Waals surface area contributed by atoms with Crippen molar-refractivity contribution in [1.82, 2.24) is 15.0 Å². The van der Waals surface area contributed by atoms with Crippen LogP contribution >= 0.6 is 0 Å². The Balaban J connectivity index is 1.86. The first-order chi connectivity index (χ1) is 12.6. The van der Waals surface area contributed by atoms with Gasteiger partial charge in [0.05, 0.1) is 4.92 Å². The van der Waals surface area contributed by atoms with Gasteiger partial charge in [0.25, 0.3) is 5.69 Å². The van der Waals surface area contributed by atoms with Crippen LogP contribution in [0, 0.1) is 17.0 Å². The van der Waals surface area contributed by atoms with Gasteiger partial charge in [-0.2, -0.15) is 0 Å². The molecule has 1 N–H and O–H groups in total. The third kappa shape index (κ3) is 4.00. The number of anilines is 1. The molecule has 0 saturated carbocycles. The number of pyridine rings is 1. The summed E-state index contributed by atoms with van der Waals surface area (Å²) in [7, 11) is 0. The van der Waals surface area contributed by atoms with Crippen molar-refractivity contribution in [2.24, 2.45) is 0 Å². The summed E-state index contributed by atoms with van der Waals surface area (Å²) >= 11 is 0. The van der Waals surface area contributed by atoms with Crippen molar-refractivity contribution in [3.05, 3.63) is 75.7 Å². The topological polar surface area (TPSA) is 93.8 Å². The van der Waals surface area contributed by atoms with Crippen molar-refractivity contribution in [3.63, 3.8) is 0 Å². The molecule has 0 aliphatic rings. The predicted molar refractivity (Wildman–Crippen MR) is 99.8 cm³/mol. The number of benzene rings is 1. The molecule has 0 spiro atoms. The van der Waals surface area contributed by atoms with E-state index >= 15 is 0 Å². The molecule has 0 bridgehead atoms. The van der Waals surface area contributed by atoms with Crippen molar-refractivity contribution in [2.75, 3.05) is 5.32 Å². The molecule has 7 nitrogen and oxygen atoms in total. The summed E-state index contributed by atoms with van der Waals surface area (Å²) in [5, 5.41) is 14.1. The number of non-ortho nitro benzene ring substituents is 1. The van der Waals surface area contributed by atoms with Crippen molar-refractivity contribution < 1.29 is 4.92 Å². The van der Waals surface area contributed by atoms with Crippen LogP contribution < -0.4 is 5.32 Å². The number of hydrogen-bond acceptors (Lipinski definition) is 6. The van der Waals surface area contributed by atoms with Gasteiger partial charge >= 0.3 is 0 Å². The molecule has 0 unspecified atom stereocenters. The molecular formula is C19H19N5O2. The lowest BCUT2D eigenvalue weighted by Crippen LogP contribution is -2.06. The Hall–Kier alpha value is -3.35. The zero-order chi connectivity index (χ0) is 18.5. The molecule has 0 fully saturated rings. The van der Waals surface area contributed by atoms with Crippen LogP contribution in [0.1, 0.15) is 23.7 Å². The lowest BCUT2D eigenvalue weighted by molar-refractivity contribution is -0.384. The van der Waals surface area contributed by atoms with Crippen LogP contribution in [0.3, 0.4) is 0 Å². The second-order valence-electron chi connectivity index (χ2n) is 5.88. The first-order valence-corrected chi connectivity index (χ1v) is 8.33. The fourth-order valence-electron chi connectivity index (χ4n) is 2.52. The fourth-order valence-corrected chi connectivity index (χ4v) is 2.52. The Morgan fingerprint density at radius 1 is 1.15 bits per heavy atom. The van der Waals surface area contributed by atoms with Gasteiger partial charge in [0, 0.05) is 48.4 Å². The summed E-state index contributed by atoms with van der Waals surface area (Å²) < 4.78 is 0. The van der Waals surface area contributed by atoms with E-state index in [1.165, 1.54) is 12.1 Å². The third-order valence-corrected chi connectivity index (χ3v) is 4.07. The van der Waals surface area contributed by atoms with Crippen LogP contribution in [0.5, 0.6) is 0 Å². The Morgan fingerprint density at radius 3 is 2.58 bits per heavy atom. The maximum atomic E-state index is 10.8. The van der Waals surface area contributed by atoms with Gasteiger partial charge < -0.3 is 5.32 Å². The highest BCUT2D eigenvalue weighted by atomic mass is 16.6. The molecule has 26 heavy (non-hydrogen) atoms. The summed E-state index contributed by atoms with van der Waals surface area (Å²) in [6, 6.07) is 10.2. The summed E-state index contributed by atoms with van der Waals surface area (Å²) in [4.78, 5) is 23.6. The minimum Gasteiger partial charge on any atom is -0.366 e. The van der Waals surface area contributed by atoms with Gasteiger partial charge in [-0.1, -0.05) is 6.92 Å². The highest BCUT2D eigenvalue weighted by Gasteiger charge is 2.10. The molecule has 2 heterocycles. The number of aromatic nitrogens is 3. The molecule has 0 amide bonds. The van der Waals surface area contributed by atoms with Gasteiger partial charge in [-0.25, -0.2) is 9.97 Å². The number of nitrogens with one attached hydrogen (secondary N) is 1. The van der Waals surface area contributed by atoms with Gasteiger partial charge in [0.1, 0.15) is 5.82 Å². The van der Waals surface area contributed by atoms with E-state index in [4.69, 9.17) is 0 Å². The average Bonchev–Trinajstić information content (AvgIpc) is 2.67. The van der Waals surface area contributed by atoms with Crippen molar-refractivity contribution in [3.8, 4) is 11.4 Å². The monoisotopic (exact) mass is 349 g/mol. The van der Waals surface area contributed by atoms with E-state index < -0.39 is 4.92 Å². The zero-order valence-electron chi connectivity index (χ0n) is 14.6. The Bertz CT molecular complexity index is 925. The molecule has 0 saturated heterocycles. The molecule has 0 radical (unpaired) electrons. The number of hydrogen-bond donors (Lipinski definition) is 1. The molecular weight excluding hydrogens is 330 g/mol. The SMILES string of the molecule is CCc1cc(NCc2ccncc2C)nc(-c2ccc([N+](=O)[O-])cc2)n1. The number of aryl methyl sites for hydroxylation is 2. The van der Waals surface area contributed by atoms with E-state index in [0.717, 1.165) is 34.6 Å². The van der Waals surface area contributed by atoms with E-state index in [0.29, 0.717) is 12.4 Å². The molecule has 132 valence electrons. The summed E-state index contributed by atoms with van der Waals surface area (Å²) in [5.41, 5.74) is 3.96. The standard InChI is InChI=1S/C19H19N5O2/c1-3-16-10-18(21-12-15-8-9-20-11-13(15)2)23-19(22-16)14-4-6-17(7-5-14)24(25)26/h4-11H,3,12H2,1-2H3,(H,21,22,23). The van der Waals surface area contributed by atoms with Crippen molar-refractivity contribution in [2.45, 2.75) is 26.8 Å². The highest BCUT2D eigenvalue weighted by Crippen LogP contribution is 2.22. The second-order valence-corrected chi connectivity index (χ2v) is 5.88. The zero-order valence-corrected chi connectivity index (χ0v) is 14.6. The van der Waals surface area contributed by atoms with Crippen LogP contribution in [0.15, 0.2) is 48.8 Å². The average molecular weight is 349 g/mol. The molecule has 7 heteroatoms. The van der Waals surface area contributed by atoms with Crippen LogP contribution in [0.4, 0.5) is 11.5 Å². The van der Waals surface area contributed by atoms with Gasteiger partial charge in [0.2, 0.25) is 0 Å². The summed E-state index contributed by atoms with van der Waals surface area (Å²) in [5.74, 6) is 1.27. The smallest absolute Gasteiger partial charge is 0.269 e. The molecule has 3 rings (SSSR count). The Kier molecular flexibility index (Phi) is 5.17. The van der Waals surface area contributed by atoms with Gasteiger partial charge in [-0.05, 0) is 42.7 Å². The van der Waals surface area contributed by atoms with Crippen LogP contribution in [0.25, 0.3) is 11.4 Å². The maximum Gasteiger partial charge on any atom is 0.269 e. The molecule has 3 aromatic rings. The van der Waals surface area contributed by atoms with Gasteiger partial charge in [-0.15, -0.1) is 0 Å². The lowest BCUT2D eigenvalue weighted by atomic mass is 10.1. The normalized spacial score (nSPS) is 10.5. The quantitative estimate of drug-likeness (QED) is 0.535. The van der Waals surface area contributed by atoms with E-state index in [1.54, 1.807) is 18.3 Å². The number of nitro benzene ring substituents is 1. The number of nitro groups is 1.